The number of hydrogen-bond donors (Lipinski definition) is 2. The molecular formula is C17H12N2O5. The number of amides is 1. The Bertz CT molecular complexity index is 893. The van der Waals surface area contributed by atoms with Crippen LogP contribution in [-0.2, 0) is 0 Å². The molecule has 3 rings (SSSR count). The first kappa shape index (κ1) is 15.3. The van der Waals surface area contributed by atoms with Gasteiger partial charge in [-0.3, -0.25) is 4.79 Å². The Labute approximate surface area is 136 Å². The van der Waals surface area contributed by atoms with Gasteiger partial charge in [0.2, 0.25) is 0 Å². The highest BCUT2D eigenvalue weighted by atomic mass is 16.4. The lowest BCUT2D eigenvalue weighted by atomic mass is 10.1. The Balaban J connectivity index is 1.73. The summed E-state index contributed by atoms with van der Waals surface area (Å²) < 4.78 is 10.5. The van der Waals surface area contributed by atoms with Crippen molar-refractivity contribution in [3.8, 4) is 11.3 Å². The second kappa shape index (κ2) is 6.66. The fourth-order valence-corrected chi connectivity index (χ4v) is 2.07. The first-order valence-electron chi connectivity index (χ1n) is 6.94. The van der Waals surface area contributed by atoms with E-state index in [1.165, 1.54) is 24.6 Å². The second-order valence-electron chi connectivity index (χ2n) is 4.73. The maximum absolute atomic E-state index is 11.6. The molecule has 0 aliphatic rings. The molecule has 24 heavy (non-hydrogen) atoms. The zero-order valence-corrected chi connectivity index (χ0v) is 12.3. The third-order valence-corrected chi connectivity index (χ3v) is 3.15. The molecule has 0 fully saturated rings. The van der Waals surface area contributed by atoms with Gasteiger partial charge in [0.1, 0.15) is 11.5 Å². The van der Waals surface area contributed by atoms with Gasteiger partial charge in [-0.1, -0.05) is 18.2 Å². The van der Waals surface area contributed by atoms with Crippen molar-refractivity contribution in [3.63, 3.8) is 0 Å². The van der Waals surface area contributed by atoms with Crippen molar-refractivity contribution in [1.29, 1.82) is 0 Å². The highest BCUT2D eigenvalue weighted by molar-refractivity contribution is 5.95. The number of benzene rings is 1. The number of hydrazone groups is 1. The maximum atomic E-state index is 11.6. The molecule has 0 spiro atoms. The highest BCUT2D eigenvalue weighted by Gasteiger charge is 2.13. The van der Waals surface area contributed by atoms with E-state index in [4.69, 9.17) is 8.83 Å². The van der Waals surface area contributed by atoms with Crippen LogP contribution in [0.2, 0.25) is 0 Å². The van der Waals surface area contributed by atoms with Crippen molar-refractivity contribution in [2.75, 3.05) is 0 Å². The maximum Gasteiger partial charge on any atom is 0.336 e. The van der Waals surface area contributed by atoms with Crippen molar-refractivity contribution in [2.45, 2.75) is 0 Å². The van der Waals surface area contributed by atoms with Gasteiger partial charge in [-0.15, -0.1) is 0 Å². The molecule has 2 heterocycles. The molecule has 0 bridgehead atoms. The minimum Gasteiger partial charge on any atom is -0.478 e. The first-order valence-corrected chi connectivity index (χ1v) is 6.94. The number of hydrogen-bond acceptors (Lipinski definition) is 5. The summed E-state index contributed by atoms with van der Waals surface area (Å²) in [6.07, 6.45) is 2.70. The SMILES string of the molecule is O=C(N/N=C/c1ccc(-c2ccccc2C(=O)O)o1)c1ccco1. The van der Waals surface area contributed by atoms with Gasteiger partial charge in [-0.05, 0) is 30.3 Å². The number of carbonyl (C=O) groups excluding carboxylic acids is 1. The minimum absolute atomic E-state index is 0.140. The molecule has 0 unspecified atom stereocenters. The van der Waals surface area contributed by atoms with E-state index >= 15 is 0 Å². The third kappa shape index (κ3) is 3.25. The zero-order chi connectivity index (χ0) is 16.9. The van der Waals surface area contributed by atoms with E-state index in [0.717, 1.165) is 0 Å². The van der Waals surface area contributed by atoms with E-state index < -0.39 is 11.9 Å². The monoisotopic (exact) mass is 324 g/mol. The van der Waals surface area contributed by atoms with Crippen LogP contribution in [0.3, 0.4) is 0 Å². The lowest BCUT2D eigenvalue weighted by molar-refractivity contribution is 0.0697. The molecule has 7 nitrogen and oxygen atoms in total. The van der Waals surface area contributed by atoms with E-state index in [-0.39, 0.29) is 11.3 Å². The number of furan rings is 2. The molecule has 0 aliphatic heterocycles. The topological polar surface area (TPSA) is 105 Å². The summed E-state index contributed by atoms with van der Waals surface area (Å²) in [5.41, 5.74) is 2.90. The predicted octanol–water partition coefficient (Wildman–Crippen LogP) is 3.00. The fourth-order valence-electron chi connectivity index (χ4n) is 2.07. The summed E-state index contributed by atoms with van der Waals surface area (Å²) in [7, 11) is 0. The summed E-state index contributed by atoms with van der Waals surface area (Å²) in [5.74, 6) is -0.624. The summed E-state index contributed by atoms with van der Waals surface area (Å²) in [6, 6.07) is 12.9. The van der Waals surface area contributed by atoms with Crippen LogP contribution in [0.1, 0.15) is 26.7 Å². The van der Waals surface area contributed by atoms with E-state index in [2.05, 4.69) is 10.5 Å². The van der Waals surface area contributed by atoms with E-state index in [1.807, 2.05) is 0 Å². The summed E-state index contributed by atoms with van der Waals surface area (Å²) in [5, 5.41) is 13.0. The number of carboxylic acid groups (broad SMARTS) is 1. The van der Waals surface area contributed by atoms with Crippen molar-refractivity contribution in [2.24, 2.45) is 5.10 Å². The number of nitrogens with zero attached hydrogens (tertiary/aromatic N) is 1. The largest absolute Gasteiger partial charge is 0.478 e. The molecule has 2 aromatic heterocycles. The molecule has 0 aliphatic carbocycles. The smallest absolute Gasteiger partial charge is 0.336 e. The molecule has 3 aromatic rings. The Hall–Kier alpha value is -3.61. The highest BCUT2D eigenvalue weighted by Crippen LogP contribution is 2.25. The summed E-state index contributed by atoms with van der Waals surface area (Å²) >= 11 is 0. The number of aromatic carboxylic acids is 1. The van der Waals surface area contributed by atoms with Gasteiger partial charge in [0, 0.05) is 5.56 Å². The minimum atomic E-state index is -1.04. The van der Waals surface area contributed by atoms with Gasteiger partial charge in [0.05, 0.1) is 18.0 Å². The summed E-state index contributed by atoms with van der Waals surface area (Å²) in [4.78, 5) is 22.9. The van der Waals surface area contributed by atoms with Crippen LogP contribution in [0.25, 0.3) is 11.3 Å². The van der Waals surface area contributed by atoms with Crippen LogP contribution in [0, 0.1) is 0 Å². The normalized spacial score (nSPS) is 10.8. The molecule has 0 radical (unpaired) electrons. The third-order valence-electron chi connectivity index (χ3n) is 3.15. The van der Waals surface area contributed by atoms with Crippen molar-refractivity contribution in [1.82, 2.24) is 5.43 Å². The van der Waals surface area contributed by atoms with Crippen LogP contribution in [0.15, 0.2) is 68.7 Å². The van der Waals surface area contributed by atoms with Gasteiger partial charge in [-0.25, -0.2) is 10.2 Å². The van der Waals surface area contributed by atoms with Gasteiger partial charge in [0.15, 0.2) is 5.76 Å². The summed E-state index contributed by atoms with van der Waals surface area (Å²) in [6.45, 7) is 0. The first-order chi connectivity index (χ1) is 11.6. The van der Waals surface area contributed by atoms with E-state index in [0.29, 0.717) is 17.1 Å². The Kier molecular flexibility index (Phi) is 4.24. The average Bonchev–Trinajstić information content (AvgIpc) is 3.26. The molecule has 0 saturated carbocycles. The van der Waals surface area contributed by atoms with Crippen LogP contribution in [0.5, 0.6) is 0 Å². The molecule has 120 valence electrons. The molecule has 2 N–H and O–H groups in total. The van der Waals surface area contributed by atoms with Crippen molar-refractivity contribution >= 4 is 18.1 Å². The molecule has 1 aromatic carbocycles. The zero-order valence-electron chi connectivity index (χ0n) is 12.3. The molecule has 0 atom stereocenters. The van der Waals surface area contributed by atoms with Crippen LogP contribution in [0.4, 0.5) is 0 Å². The Morgan fingerprint density at radius 2 is 1.92 bits per heavy atom. The van der Waals surface area contributed by atoms with E-state index in [9.17, 15) is 14.7 Å². The van der Waals surface area contributed by atoms with Gasteiger partial charge in [-0.2, -0.15) is 5.10 Å². The number of carboxylic acids is 1. The van der Waals surface area contributed by atoms with Gasteiger partial charge < -0.3 is 13.9 Å². The van der Waals surface area contributed by atoms with Gasteiger partial charge in [0.25, 0.3) is 0 Å². The van der Waals surface area contributed by atoms with Crippen LogP contribution in [-0.4, -0.2) is 23.2 Å². The fraction of sp³-hybridized carbons (Fsp3) is 0. The second-order valence-corrected chi connectivity index (χ2v) is 4.73. The quantitative estimate of drug-likeness (QED) is 0.554. The lowest BCUT2D eigenvalue weighted by Gasteiger charge is -2.01. The molecule has 7 heteroatoms. The Morgan fingerprint density at radius 3 is 2.67 bits per heavy atom. The van der Waals surface area contributed by atoms with Crippen molar-refractivity contribution in [3.05, 3.63) is 71.9 Å². The lowest BCUT2D eigenvalue weighted by Crippen LogP contribution is -2.16. The standard InChI is InChI=1S/C17H12N2O5/c20-16(15-6-3-9-23-15)19-18-10-11-7-8-14(24-11)12-4-1-2-5-13(12)17(21)22/h1-10H,(H,19,20)(H,21,22)/b18-10+. The van der Waals surface area contributed by atoms with Crippen LogP contribution < -0.4 is 5.43 Å². The Morgan fingerprint density at radius 1 is 1.08 bits per heavy atom. The molecule has 1 amide bonds. The number of rotatable bonds is 5. The predicted molar refractivity (Wildman–Crippen MR) is 84.9 cm³/mol. The number of carbonyl (C=O) groups is 2. The molecule has 0 saturated heterocycles. The van der Waals surface area contributed by atoms with Crippen molar-refractivity contribution < 1.29 is 23.5 Å². The van der Waals surface area contributed by atoms with E-state index in [1.54, 1.807) is 36.4 Å². The number of nitrogens with one attached hydrogen (secondary N) is 1. The average molecular weight is 324 g/mol. The van der Waals surface area contributed by atoms with Gasteiger partial charge >= 0.3 is 11.9 Å². The van der Waals surface area contributed by atoms with Crippen LogP contribution >= 0.6 is 0 Å². The molecular weight excluding hydrogens is 312 g/mol.